The highest BCUT2D eigenvalue weighted by Crippen LogP contribution is 2.35. The van der Waals surface area contributed by atoms with Crippen molar-refractivity contribution in [2.75, 3.05) is 30.4 Å². The quantitative estimate of drug-likeness (QED) is 0.565. The standard InChI is InChI=1S/C17H18FN3O6S/c1-3-21(7-6-12(22)27-2)16-20-13(14(28-16)15(23)24)10-5-4-9(8-11(10)18)19-17(25)26/h4-5,8,19H,3,6-7H2,1-2H3,(H,23,24)(H,25,26). The van der Waals surface area contributed by atoms with Gasteiger partial charge in [0.25, 0.3) is 0 Å². The van der Waals surface area contributed by atoms with E-state index in [1.165, 1.54) is 19.2 Å². The Morgan fingerprint density at radius 2 is 2.04 bits per heavy atom. The molecule has 2 rings (SSSR count). The number of anilines is 2. The van der Waals surface area contributed by atoms with Crippen LogP contribution in [0, 0.1) is 5.82 Å². The average molecular weight is 411 g/mol. The lowest BCUT2D eigenvalue weighted by Gasteiger charge is -2.18. The summed E-state index contributed by atoms with van der Waals surface area (Å²) < 4.78 is 19.1. The smallest absolute Gasteiger partial charge is 0.409 e. The van der Waals surface area contributed by atoms with Crippen LogP contribution < -0.4 is 10.2 Å². The fourth-order valence-corrected chi connectivity index (χ4v) is 3.41. The second-order valence-electron chi connectivity index (χ2n) is 5.51. The molecule has 9 nitrogen and oxygen atoms in total. The zero-order valence-electron chi connectivity index (χ0n) is 15.1. The van der Waals surface area contributed by atoms with Crippen molar-refractivity contribution in [2.24, 2.45) is 0 Å². The molecule has 0 aliphatic carbocycles. The highest BCUT2D eigenvalue weighted by atomic mass is 32.1. The van der Waals surface area contributed by atoms with Crippen LogP contribution in [-0.4, -0.2) is 53.4 Å². The summed E-state index contributed by atoms with van der Waals surface area (Å²) in [4.78, 5) is 39.4. The topological polar surface area (TPSA) is 129 Å². The first kappa shape index (κ1) is 21.1. The van der Waals surface area contributed by atoms with Crippen molar-refractivity contribution >= 4 is 40.2 Å². The Kier molecular flexibility index (Phi) is 6.88. The molecule has 0 saturated carbocycles. The number of esters is 1. The van der Waals surface area contributed by atoms with Gasteiger partial charge < -0.3 is 19.8 Å². The molecule has 150 valence electrons. The molecule has 0 unspecified atom stereocenters. The number of rotatable bonds is 8. The summed E-state index contributed by atoms with van der Waals surface area (Å²) in [6.07, 6.45) is -1.26. The predicted molar refractivity (Wildman–Crippen MR) is 101 cm³/mol. The Bertz CT molecular complexity index is 901. The van der Waals surface area contributed by atoms with E-state index in [0.29, 0.717) is 11.7 Å². The van der Waals surface area contributed by atoms with Crippen LogP contribution in [0.25, 0.3) is 11.3 Å². The molecule has 0 aliphatic heterocycles. The largest absolute Gasteiger partial charge is 0.477 e. The summed E-state index contributed by atoms with van der Waals surface area (Å²) in [5, 5.41) is 20.5. The van der Waals surface area contributed by atoms with Gasteiger partial charge in [0.2, 0.25) is 0 Å². The van der Waals surface area contributed by atoms with Crippen LogP contribution in [0.4, 0.5) is 20.0 Å². The third kappa shape index (κ3) is 4.94. The van der Waals surface area contributed by atoms with Crippen LogP contribution in [0.3, 0.4) is 0 Å². The number of carboxylic acids is 1. The SMILES string of the molecule is CCN(CCC(=O)OC)c1nc(-c2ccc(NC(=O)O)cc2F)c(C(=O)O)s1. The van der Waals surface area contributed by atoms with Gasteiger partial charge in [-0.1, -0.05) is 11.3 Å². The number of aromatic nitrogens is 1. The molecule has 0 fully saturated rings. The van der Waals surface area contributed by atoms with Crippen LogP contribution in [0.2, 0.25) is 0 Å². The highest BCUT2D eigenvalue weighted by Gasteiger charge is 2.24. The molecule has 0 saturated heterocycles. The number of carboxylic acid groups (broad SMARTS) is 2. The second-order valence-corrected chi connectivity index (χ2v) is 6.49. The van der Waals surface area contributed by atoms with Crippen LogP contribution >= 0.6 is 11.3 Å². The molecule has 1 aromatic carbocycles. The third-order valence-electron chi connectivity index (χ3n) is 3.75. The lowest BCUT2D eigenvalue weighted by molar-refractivity contribution is -0.140. The summed E-state index contributed by atoms with van der Waals surface area (Å²) >= 11 is 0.865. The fourth-order valence-electron chi connectivity index (χ4n) is 2.40. The molecule has 0 aliphatic rings. The normalized spacial score (nSPS) is 10.4. The first-order valence-corrected chi connectivity index (χ1v) is 8.94. The Hall–Kier alpha value is -3.21. The summed E-state index contributed by atoms with van der Waals surface area (Å²) in [6.45, 7) is 2.53. The fraction of sp³-hybridized carbons (Fsp3) is 0.294. The maximum Gasteiger partial charge on any atom is 0.409 e. The number of hydrogen-bond acceptors (Lipinski definition) is 7. The zero-order valence-corrected chi connectivity index (χ0v) is 15.9. The molecule has 1 aromatic heterocycles. The van der Waals surface area contributed by atoms with Crippen LogP contribution in [0.5, 0.6) is 0 Å². The van der Waals surface area contributed by atoms with Crippen LogP contribution in [-0.2, 0) is 9.53 Å². The Morgan fingerprint density at radius 1 is 1.32 bits per heavy atom. The predicted octanol–water partition coefficient (Wildman–Crippen LogP) is 3.13. The monoisotopic (exact) mass is 411 g/mol. The van der Waals surface area contributed by atoms with Gasteiger partial charge in [-0.2, -0.15) is 0 Å². The van der Waals surface area contributed by atoms with Gasteiger partial charge in [-0.25, -0.2) is 19.0 Å². The van der Waals surface area contributed by atoms with E-state index >= 15 is 0 Å². The molecule has 2 aromatic rings. The van der Waals surface area contributed by atoms with Crippen molar-refractivity contribution in [1.29, 1.82) is 0 Å². The Balaban J connectivity index is 2.40. The van der Waals surface area contributed by atoms with E-state index in [1.807, 2.05) is 12.2 Å². The van der Waals surface area contributed by atoms with Gasteiger partial charge in [-0.05, 0) is 25.1 Å². The van der Waals surface area contributed by atoms with Gasteiger partial charge in [-0.15, -0.1) is 0 Å². The molecule has 0 spiro atoms. The number of carbonyl (C=O) groups excluding carboxylic acids is 1. The number of methoxy groups -OCH3 is 1. The maximum absolute atomic E-state index is 14.5. The summed E-state index contributed by atoms with van der Waals surface area (Å²) in [6, 6.07) is 3.52. The highest BCUT2D eigenvalue weighted by molar-refractivity contribution is 7.17. The van der Waals surface area contributed by atoms with Crippen molar-refractivity contribution in [3.05, 3.63) is 28.9 Å². The summed E-state index contributed by atoms with van der Waals surface area (Å²) in [7, 11) is 1.27. The van der Waals surface area contributed by atoms with E-state index in [0.717, 1.165) is 17.4 Å². The number of nitrogens with one attached hydrogen (secondary N) is 1. The third-order valence-corrected chi connectivity index (χ3v) is 4.86. The van der Waals surface area contributed by atoms with Crippen molar-refractivity contribution in [1.82, 2.24) is 4.98 Å². The molecule has 0 bridgehead atoms. The summed E-state index contributed by atoms with van der Waals surface area (Å²) in [5.74, 6) is -2.50. The van der Waals surface area contributed by atoms with E-state index in [1.54, 1.807) is 4.90 Å². The first-order valence-electron chi connectivity index (χ1n) is 8.12. The van der Waals surface area contributed by atoms with Gasteiger partial charge >= 0.3 is 18.0 Å². The van der Waals surface area contributed by atoms with Gasteiger partial charge in [0, 0.05) is 24.3 Å². The first-order chi connectivity index (χ1) is 13.3. The van der Waals surface area contributed by atoms with Crippen LogP contribution in [0.1, 0.15) is 23.0 Å². The second kappa shape index (κ2) is 9.13. The number of benzene rings is 1. The van der Waals surface area contributed by atoms with E-state index in [2.05, 4.69) is 9.72 Å². The molecule has 28 heavy (non-hydrogen) atoms. The Labute approximate surface area is 163 Å². The molecule has 3 N–H and O–H groups in total. The van der Waals surface area contributed by atoms with Gasteiger partial charge in [0.05, 0.1) is 13.5 Å². The van der Waals surface area contributed by atoms with Crippen molar-refractivity contribution in [3.63, 3.8) is 0 Å². The van der Waals surface area contributed by atoms with Gasteiger partial charge in [-0.3, -0.25) is 10.1 Å². The number of thiazole rings is 1. The molecule has 11 heteroatoms. The zero-order chi connectivity index (χ0) is 20.8. The number of carbonyl (C=O) groups is 3. The minimum atomic E-state index is -1.35. The number of hydrogen-bond donors (Lipinski definition) is 3. The van der Waals surface area contributed by atoms with Crippen LogP contribution in [0.15, 0.2) is 18.2 Å². The average Bonchev–Trinajstić information content (AvgIpc) is 3.06. The Morgan fingerprint density at radius 3 is 2.57 bits per heavy atom. The number of amides is 1. The lowest BCUT2D eigenvalue weighted by atomic mass is 10.1. The molecule has 0 radical (unpaired) electrons. The van der Waals surface area contributed by atoms with Crippen molar-refractivity contribution in [2.45, 2.75) is 13.3 Å². The van der Waals surface area contributed by atoms with E-state index in [-0.39, 0.29) is 34.8 Å². The minimum Gasteiger partial charge on any atom is -0.477 e. The van der Waals surface area contributed by atoms with E-state index in [9.17, 15) is 23.9 Å². The van der Waals surface area contributed by atoms with E-state index < -0.39 is 23.8 Å². The molecule has 1 amide bonds. The van der Waals surface area contributed by atoms with E-state index in [4.69, 9.17) is 5.11 Å². The number of aromatic carboxylic acids is 1. The molecular formula is C17H18FN3O6S. The summed E-state index contributed by atoms with van der Waals surface area (Å²) in [5.41, 5.74) is -0.127. The molecule has 1 heterocycles. The number of halogens is 1. The molecular weight excluding hydrogens is 393 g/mol. The van der Waals surface area contributed by atoms with Crippen molar-refractivity contribution in [3.8, 4) is 11.3 Å². The number of ether oxygens (including phenoxy) is 1. The number of nitrogens with zero attached hydrogens (tertiary/aromatic N) is 2. The van der Waals surface area contributed by atoms with Gasteiger partial charge in [0.15, 0.2) is 5.13 Å². The lowest BCUT2D eigenvalue weighted by Crippen LogP contribution is -2.25. The van der Waals surface area contributed by atoms with Gasteiger partial charge in [0.1, 0.15) is 16.4 Å². The minimum absolute atomic E-state index is 0.00865. The maximum atomic E-state index is 14.5. The molecule has 0 atom stereocenters. The van der Waals surface area contributed by atoms with Crippen molar-refractivity contribution < 1.29 is 33.7 Å².